The number of carbonyl (C=O) groups is 1. The Morgan fingerprint density at radius 2 is 2.04 bits per heavy atom. The highest BCUT2D eigenvalue weighted by Crippen LogP contribution is 2.22. The van der Waals surface area contributed by atoms with Crippen molar-refractivity contribution in [1.82, 2.24) is 9.47 Å². The fraction of sp³-hybridized carbons (Fsp3) is 0.421. The number of amides is 1. The summed E-state index contributed by atoms with van der Waals surface area (Å²) in [5, 5.41) is 9.42. The Kier molecular flexibility index (Phi) is 5.02. The highest BCUT2D eigenvalue weighted by Gasteiger charge is 2.26. The molecule has 1 fully saturated rings. The zero-order valence-electron chi connectivity index (χ0n) is 14.2. The van der Waals surface area contributed by atoms with E-state index in [4.69, 9.17) is 4.74 Å². The van der Waals surface area contributed by atoms with Gasteiger partial charge in [0.05, 0.1) is 18.8 Å². The lowest BCUT2D eigenvalue weighted by Gasteiger charge is -2.22. The van der Waals surface area contributed by atoms with Crippen molar-refractivity contribution >= 4 is 5.91 Å². The SMILES string of the molecule is Cc1cc(C(=O)N2CCOC[C@H](CO)C2)c(C)n1-c1ccccc1. The third kappa shape index (κ3) is 3.23. The number of hydrogen-bond donors (Lipinski definition) is 1. The van der Waals surface area contributed by atoms with Gasteiger partial charge in [0.15, 0.2) is 0 Å². The first-order valence-electron chi connectivity index (χ1n) is 8.34. The Morgan fingerprint density at radius 1 is 1.29 bits per heavy atom. The van der Waals surface area contributed by atoms with E-state index < -0.39 is 0 Å². The summed E-state index contributed by atoms with van der Waals surface area (Å²) in [6.07, 6.45) is 0. The Balaban J connectivity index is 1.91. The molecule has 3 rings (SSSR count). The Morgan fingerprint density at radius 3 is 2.75 bits per heavy atom. The van der Waals surface area contributed by atoms with Crippen molar-refractivity contribution in [3.8, 4) is 5.69 Å². The summed E-state index contributed by atoms with van der Waals surface area (Å²) in [4.78, 5) is 14.8. The number of carbonyl (C=O) groups excluding carboxylic acids is 1. The smallest absolute Gasteiger partial charge is 0.255 e. The molecular weight excluding hydrogens is 304 g/mol. The summed E-state index contributed by atoms with van der Waals surface area (Å²) in [6.45, 7) is 6.13. The van der Waals surface area contributed by atoms with Crippen LogP contribution in [0.4, 0.5) is 0 Å². The second kappa shape index (κ2) is 7.20. The largest absolute Gasteiger partial charge is 0.396 e. The van der Waals surface area contributed by atoms with Crippen molar-refractivity contribution in [2.75, 3.05) is 32.9 Å². The summed E-state index contributed by atoms with van der Waals surface area (Å²) in [7, 11) is 0. The molecule has 1 aliphatic rings. The predicted molar refractivity (Wildman–Crippen MR) is 92.5 cm³/mol. The molecule has 24 heavy (non-hydrogen) atoms. The van der Waals surface area contributed by atoms with Crippen LogP contribution in [0.25, 0.3) is 5.69 Å². The van der Waals surface area contributed by atoms with Crippen LogP contribution < -0.4 is 0 Å². The number of nitrogens with zero attached hydrogens (tertiary/aromatic N) is 2. The number of aryl methyl sites for hydroxylation is 1. The van der Waals surface area contributed by atoms with E-state index in [-0.39, 0.29) is 18.4 Å². The zero-order chi connectivity index (χ0) is 17.1. The average molecular weight is 328 g/mol. The maximum Gasteiger partial charge on any atom is 0.255 e. The van der Waals surface area contributed by atoms with Gasteiger partial charge in [-0.3, -0.25) is 4.79 Å². The van der Waals surface area contributed by atoms with Crippen molar-refractivity contribution in [3.05, 3.63) is 53.3 Å². The number of benzene rings is 1. The third-order valence-corrected chi connectivity index (χ3v) is 4.56. The van der Waals surface area contributed by atoms with Gasteiger partial charge in [-0.05, 0) is 32.0 Å². The van der Waals surface area contributed by atoms with E-state index in [1.807, 2.05) is 50.2 Å². The molecule has 5 heteroatoms. The van der Waals surface area contributed by atoms with Gasteiger partial charge in [-0.15, -0.1) is 0 Å². The number of rotatable bonds is 3. The number of hydrogen-bond acceptors (Lipinski definition) is 3. The molecule has 0 bridgehead atoms. The number of aliphatic hydroxyl groups excluding tert-OH is 1. The minimum Gasteiger partial charge on any atom is -0.396 e. The van der Waals surface area contributed by atoms with Gasteiger partial charge in [-0.2, -0.15) is 0 Å². The fourth-order valence-corrected chi connectivity index (χ4v) is 3.30. The minimum atomic E-state index is -0.0194. The molecule has 0 radical (unpaired) electrons. The molecule has 0 aliphatic carbocycles. The third-order valence-electron chi connectivity index (χ3n) is 4.56. The van der Waals surface area contributed by atoms with Crippen molar-refractivity contribution in [3.63, 3.8) is 0 Å². The van der Waals surface area contributed by atoms with Gasteiger partial charge in [0.25, 0.3) is 5.91 Å². The van der Waals surface area contributed by atoms with Gasteiger partial charge in [-0.25, -0.2) is 0 Å². The Hall–Kier alpha value is -2.11. The summed E-state index contributed by atoms with van der Waals surface area (Å²) >= 11 is 0. The van der Waals surface area contributed by atoms with Crippen molar-refractivity contribution in [1.29, 1.82) is 0 Å². The van der Waals surface area contributed by atoms with Crippen molar-refractivity contribution in [2.24, 2.45) is 5.92 Å². The predicted octanol–water partition coefficient (Wildman–Crippen LogP) is 2.18. The van der Waals surface area contributed by atoms with Crippen LogP contribution in [-0.4, -0.2) is 53.4 Å². The van der Waals surface area contributed by atoms with Gasteiger partial charge in [-0.1, -0.05) is 18.2 Å². The number of para-hydroxylation sites is 1. The minimum absolute atomic E-state index is 0.00855. The Labute approximate surface area is 142 Å². The fourth-order valence-electron chi connectivity index (χ4n) is 3.30. The molecule has 0 unspecified atom stereocenters. The van der Waals surface area contributed by atoms with E-state index in [1.54, 1.807) is 4.90 Å². The van der Waals surface area contributed by atoms with Crippen LogP contribution >= 0.6 is 0 Å². The molecule has 0 spiro atoms. The van der Waals surface area contributed by atoms with Crippen LogP contribution in [0.5, 0.6) is 0 Å². The summed E-state index contributed by atoms with van der Waals surface area (Å²) in [5.74, 6) is -0.0108. The van der Waals surface area contributed by atoms with Gasteiger partial charge in [0.2, 0.25) is 0 Å². The summed E-state index contributed by atoms with van der Waals surface area (Å²) < 4.78 is 7.59. The molecule has 0 saturated carbocycles. The van der Waals surface area contributed by atoms with E-state index >= 15 is 0 Å². The second-order valence-electron chi connectivity index (χ2n) is 6.33. The number of aromatic nitrogens is 1. The normalized spacial score (nSPS) is 18.5. The summed E-state index contributed by atoms with van der Waals surface area (Å²) in [6, 6.07) is 12.0. The van der Waals surface area contributed by atoms with Gasteiger partial charge in [0, 0.05) is 42.7 Å². The van der Waals surface area contributed by atoms with E-state index in [2.05, 4.69) is 4.57 Å². The van der Waals surface area contributed by atoms with Crippen LogP contribution in [0.1, 0.15) is 21.7 Å². The molecule has 5 nitrogen and oxygen atoms in total. The molecule has 2 aromatic rings. The van der Waals surface area contributed by atoms with E-state index in [0.29, 0.717) is 26.3 Å². The molecule has 1 saturated heterocycles. The number of ether oxygens (including phenoxy) is 1. The molecule has 1 aliphatic heterocycles. The van der Waals surface area contributed by atoms with Crippen LogP contribution in [-0.2, 0) is 4.74 Å². The van der Waals surface area contributed by atoms with Crippen LogP contribution in [0.3, 0.4) is 0 Å². The topological polar surface area (TPSA) is 54.7 Å². The standard InChI is InChI=1S/C19H24N2O3/c1-14-10-18(15(2)21(14)17-6-4-3-5-7-17)19(23)20-8-9-24-13-16(11-20)12-22/h3-7,10,16,22H,8-9,11-13H2,1-2H3/t16-/m0/s1. The molecule has 1 atom stereocenters. The highest BCUT2D eigenvalue weighted by molar-refractivity contribution is 5.96. The molecule has 1 aromatic carbocycles. The van der Waals surface area contributed by atoms with Crippen LogP contribution in [0.15, 0.2) is 36.4 Å². The van der Waals surface area contributed by atoms with Crippen molar-refractivity contribution in [2.45, 2.75) is 13.8 Å². The van der Waals surface area contributed by atoms with Gasteiger partial charge in [0.1, 0.15) is 0 Å². The van der Waals surface area contributed by atoms with E-state index in [1.165, 1.54) is 0 Å². The lowest BCUT2D eigenvalue weighted by Crippen LogP contribution is -2.37. The molecule has 1 amide bonds. The highest BCUT2D eigenvalue weighted by atomic mass is 16.5. The molecule has 1 N–H and O–H groups in total. The average Bonchev–Trinajstić information content (AvgIpc) is 2.78. The molecule has 2 heterocycles. The molecule has 128 valence electrons. The van der Waals surface area contributed by atoms with E-state index in [0.717, 1.165) is 22.6 Å². The van der Waals surface area contributed by atoms with Gasteiger partial charge >= 0.3 is 0 Å². The molecular formula is C19H24N2O3. The van der Waals surface area contributed by atoms with Crippen molar-refractivity contribution < 1.29 is 14.6 Å². The van der Waals surface area contributed by atoms with Gasteiger partial charge < -0.3 is 19.3 Å². The zero-order valence-corrected chi connectivity index (χ0v) is 14.2. The van der Waals surface area contributed by atoms with E-state index in [9.17, 15) is 9.90 Å². The summed E-state index contributed by atoms with van der Waals surface area (Å²) in [5.41, 5.74) is 3.75. The van der Waals surface area contributed by atoms with Crippen LogP contribution in [0.2, 0.25) is 0 Å². The monoisotopic (exact) mass is 328 g/mol. The van der Waals surface area contributed by atoms with Crippen LogP contribution in [0, 0.1) is 19.8 Å². The first kappa shape index (κ1) is 16.7. The maximum atomic E-state index is 13.0. The molecule has 1 aromatic heterocycles. The second-order valence-corrected chi connectivity index (χ2v) is 6.33. The number of aliphatic hydroxyl groups is 1. The quantitative estimate of drug-likeness (QED) is 0.939. The Bertz CT molecular complexity index is 709. The lowest BCUT2D eigenvalue weighted by atomic mass is 10.1. The first-order valence-corrected chi connectivity index (χ1v) is 8.34. The maximum absolute atomic E-state index is 13.0. The first-order chi connectivity index (χ1) is 11.6. The lowest BCUT2D eigenvalue weighted by molar-refractivity contribution is 0.0727.